The van der Waals surface area contributed by atoms with E-state index in [2.05, 4.69) is 5.32 Å². The van der Waals surface area contributed by atoms with Crippen molar-refractivity contribution in [2.75, 3.05) is 28.1 Å². The molecule has 7 aliphatic rings. The molecule has 7 fully saturated rings. The summed E-state index contributed by atoms with van der Waals surface area (Å²) in [5, 5.41) is 15.6. The number of amides is 1. The van der Waals surface area contributed by atoms with E-state index in [1.165, 1.54) is 0 Å². The van der Waals surface area contributed by atoms with E-state index in [9.17, 15) is 9.90 Å². The van der Waals surface area contributed by atoms with Crippen LogP contribution in [0.3, 0.4) is 0 Å². The third kappa shape index (κ3) is 1.63. The summed E-state index contributed by atoms with van der Waals surface area (Å²) in [6.45, 7) is 2.15. The first-order chi connectivity index (χ1) is 14.9. The molecule has 7 bridgehead atoms. The largest absolute Gasteiger partial charge is 0.390 e. The second-order valence-electron chi connectivity index (χ2n) is 11.3. The molecule has 0 unspecified atom stereocenters. The predicted molar refractivity (Wildman–Crippen MR) is 106 cm³/mol. The SMILES string of the molecule is CO[C@H]1[C@@H]2C[C@@H]3[C@H]1[C@@]1(C[C@@H]2OC)OCO[C@]12[C@@H](O)[C@H]1[C@@]34[C@@H](OC)CC[C@@]1(C)C(=O)N[C@@H]42. The minimum absolute atomic E-state index is 0.0330. The van der Waals surface area contributed by atoms with Gasteiger partial charge in [0.15, 0.2) is 0 Å². The Balaban J connectivity index is 1.56. The molecule has 0 radical (unpaired) electrons. The Bertz CT molecular complexity index is 854. The quantitative estimate of drug-likeness (QED) is 0.665. The van der Waals surface area contributed by atoms with Crippen LogP contribution in [0.1, 0.15) is 32.6 Å². The van der Waals surface area contributed by atoms with Crippen molar-refractivity contribution < 1.29 is 33.6 Å². The van der Waals surface area contributed by atoms with Gasteiger partial charge in [-0.05, 0) is 25.2 Å². The van der Waals surface area contributed by atoms with Crippen LogP contribution in [-0.2, 0) is 28.5 Å². The van der Waals surface area contributed by atoms with Gasteiger partial charge >= 0.3 is 0 Å². The van der Waals surface area contributed by atoms with Gasteiger partial charge in [-0.15, -0.1) is 0 Å². The van der Waals surface area contributed by atoms with Crippen LogP contribution in [0.5, 0.6) is 0 Å². The fraction of sp³-hybridized carbons (Fsp3) is 0.957. The van der Waals surface area contributed by atoms with E-state index in [-0.39, 0.29) is 60.7 Å². The highest BCUT2D eigenvalue weighted by Gasteiger charge is 2.93. The van der Waals surface area contributed by atoms with E-state index in [4.69, 9.17) is 23.7 Å². The highest BCUT2D eigenvalue weighted by atomic mass is 16.7. The van der Waals surface area contributed by atoms with Crippen molar-refractivity contribution in [1.29, 1.82) is 0 Å². The minimum Gasteiger partial charge on any atom is -0.390 e. The van der Waals surface area contributed by atoms with Gasteiger partial charge in [0.25, 0.3) is 0 Å². The molecule has 2 heterocycles. The first-order valence-corrected chi connectivity index (χ1v) is 11.7. The monoisotopic (exact) mass is 435 g/mol. The molecule has 2 saturated heterocycles. The number of carbonyl (C=O) groups excluding carboxylic acids is 1. The Labute approximate surface area is 182 Å². The summed E-state index contributed by atoms with van der Waals surface area (Å²) < 4.78 is 31.4. The lowest BCUT2D eigenvalue weighted by molar-refractivity contribution is -0.256. The molecular weight excluding hydrogens is 402 g/mol. The molecule has 5 saturated carbocycles. The zero-order valence-electron chi connectivity index (χ0n) is 18.6. The molecule has 31 heavy (non-hydrogen) atoms. The summed E-state index contributed by atoms with van der Waals surface area (Å²) in [5.74, 6) is 0.317. The first kappa shape index (κ1) is 19.7. The molecule has 3 spiro atoms. The van der Waals surface area contributed by atoms with Gasteiger partial charge in [0, 0.05) is 50.9 Å². The summed E-state index contributed by atoms with van der Waals surface area (Å²) in [6, 6.07) is -0.346. The number of ether oxygens (including phenoxy) is 5. The van der Waals surface area contributed by atoms with Crippen molar-refractivity contribution in [3.8, 4) is 0 Å². The Morgan fingerprint density at radius 1 is 1.16 bits per heavy atom. The standard InChI is InChI=1S/C23H33NO7/c1-20-6-5-13(28-3)22-11-7-10-12(27-2)8-21(14(11)15(10)29-4)23(31-9-30-21,17(25)16(20)22)18(22)24-19(20)26/h10-18,25H,5-9H2,1-4H3,(H,24,26)/t10-,11-,12+,13+,14-,15+,16-,17+,18+,20-,21-,22+,23+/m1/s1. The number of fused-ring (bicyclic) bond motifs is 1. The second kappa shape index (κ2) is 5.65. The van der Waals surface area contributed by atoms with Crippen LogP contribution in [0.2, 0.25) is 0 Å². The van der Waals surface area contributed by atoms with Crippen molar-refractivity contribution in [3.63, 3.8) is 0 Å². The Morgan fingerprint density at radius 2 is 1.97 bits per heavy atom. The molecule has 1 amide bonds. The molecule has 2 N–H and O–H groups in total. The van der Waals surface area contributed by atoms with Crippen LogP contribution in [0, 0.1) is 34.5 Å². The molecule has 172 valence electrons. The summed E-state index contributed by atoms with van der Waals surface area (Å²) in [5.41, 5.74) is -2.83. The van der Waals surface area contributed by atoms with Gasteiger partial charge in [-0.3, -0.25) is 4.79 Å². The van der Waals surface area contributed by atoms with Crippen LogP contribution in [0.15, 0.2) is 0 Å². The maximum atomic E-state index is 13.5. The number of hydrogen-bond acceptors (Lipinski definition) is 7. The van der Waals surface area contributed by atoms with Gasteiger partial charge in [-0.1, -0.05) is 6.92 Å². The smallest absolute Gasteiger partial charge is 0.226 e. The average Bonchev–Trinajstić information content (AvgIpc) is 3.34. The Kier molecular flexibility index (Phi) is 3.58. The topological polar surface area (TPSA) is 95.5 Å². The average molecular weight is 436 g/mol. The number of carbonyl (C=O) groups is 1. The van der Waals surface area contributed by atoms with Crippen molar-refractivity contribution in [2.24, 2.45) is 34.5 Å². The molecule has 2 aliphatic heterocycles. The molecule has 0 aromatic carbocycles. The third-order valence-corrected chi connectivity index (χ3v) is 11.2. The molecule has 13 atom stereocenters. The fourth-order valence-corrected chi connectivity index (χ4v) is 10.6. The van der Waals surface area contributed by atoms with Gasteiger partial charge in [-0.2, -0.15) is 0 Å². The van der Waals surface area contributed by atoms with E-state index in [0.29, 0.717) is 12.8 Å². The van der Waals surface area contributed by atoms with Crippen molar-refractivity contribution in [1.82, 2.24) is 5.32 Å². The van der Waals surface area contributed by atoms with E-state index in [0.717, 1.165) is 12.8 Å². The lowest BCUT2D eigenvalue weighted by Gasteiger charge is -2.66. The number of aliphatic hydroxyl groups is 1. The molecule has 7 rings (SSSR count). The lowest BCUT2D eigenvalue weighted by Crippen LogP contribution is -2.81. The van der Waals surface area contributed by atoms with Crippen LogP contribution in [-0.4, -0.2) is 80.8 Å². The number of nitrogens with one attached hydrogen (secondary N) is 1. The van der Waals surface area contributed by atoms with Crippen LogP contribution in [0.4, 0.5) is 0 Å². The number of piperidine rings is 1. The Morgan fingerprint density at radius 3 is 2.68 bits per heavy atom. The number of methoxy groups -OCH3 is 3. The van der Waals surface area contributed by atoms with Crippen LogP contribution in [0.25, 0.3) is 0 Å². The minimum atomic E-state index is -1.02. The Hall–Kier alpha value is -0.770. The van der Waals surface area contributed by atoms with Crippen LogP contribution < -0.4 is 5.32 Å². The highest BCUT2D eigenvalue weighted by molar-refractivity contribution is 5.86. The molecule has 5 aliphatic carbocycles. The number of rotatable bonds is 3. The first-order valence-electron chi connectivity index (χ1n) is 11.7. The molecule has 0 aromatic heterocycles. The molecule has 8 nitrogen and oxygen atoms in total. The summed E-state index contributed by atoms with van der Waals surface area (Å²) in [4.78, 5) is 13.5. The fourth-order valence-electron chi connectivity index (χ4n) is 10.6. The van der Waals surface area contributed by atoms with Crippen molar-refractivity contribution in [2.45, 2.75) is 74.3 Å². The zero-order chi connectivity index (χ0) is 21.6. The summed E-state index contributed by atoms with van der Waals surface area (Å²) in [6.07, 6.45) is 2.13. The van der Waals surface area contributed by atoms with Crippen LogP contribution >= 0.6 is 0 Å². The van der Waals surface area contributed by atoms with E-state index >= 15 is 0 Å². The normalized spacial score (nSPS) is 64.9. The number of aliphatic hydroxyl groups excluding tert-OH is 1. The van der Waals surface area contributed by atoms with E-state index in [1.54, 1.807) is 21.3 Å². The van der Waals surface area contributed by atoms with Crippen molar-refractivity contribution >= 4 is 5.91 Å². The zero-order valence-corrected chi connectivity index (χ0v) is 18.6. The van der Waals surface area contributed by atoms with Crippen molar-refractivity contribution in [3.05, 3.63) is 0 Å². The van der Waals surface area contributed by atoms with Gasteiger partial charge in [0.1, 0.15) is 18.0 Å². The maximum Gasteiger partial charge on any atom is 0.226 e. The van der Waals surface area contributed by atoms with E-state index < -0.39 is 28.1 Å². The summed E-state index contributed by atoms with van der Waals surface area (Å²) in [7, 11) is 5.31. The molecule has 0 aromatic rings. The summed E-state index contributed by atoms with van der Waals surface area (Å²) >= 11 is 0. The van der Waals surface area contributed by atoms with Gasteiger partial charge < -0.3 is 34.1 Å². The van der Waals surface area contributed by atoms with Gasteiger partial charge in [0.2, 0.25) is 5.91 Å². The predicted octanol–water partition coefficient (Wildman–Crippen LogP) is 0.459. The molecular formula is C23H33NO7. The lowest BCUT2D eigenvalue weighted by atomic mass is 9.43. The van der Waals surface area contributed by atoms with Gasteiger partial charge in [0.05, 0.1) is 35.9 Å². The maximum absolute atomic E-state index is 13.5. The van der Waals surface area contributed by atoms with Gasteiger partial charge in [-0.25, -0.2) is 0 Å². The molecule has 8 heteroatoms. The van der Waals surface area contributed by atoms with E-state index in [1.807, 2.05) is 6.92 Å². The highest BCUT2D eigenvalue weighted by Crippen LogP contribution is 2.81. The third-order valence-electron chi connectivity index (χ3n) is 11.2. The number of hydrogen-bond donors (Lipinski definition) is 2. The second-order valence-corrected chi connectivity index (χ2v) is 11.3.